The molecule has 2 aromatic carbocycles. The molecule has 0 heterocycles. The Morgan fingerprint density at radius 3 is 2.76 bits per heavy atom. The highest BCUT2D eigenvalue weighted by Gasteiger charge is 1.98. The number of nitrogens with one attached hydrogen (secondary N) is 2. The molecule has 0 saturated heterocycles. The molecule has 4 nitrogen and oxygen atoms in total. The van der Waals surface area contributed by atoms with Crippen LogP contribution >= 0.6 is 12.2 Å². The molecule has 0 atom stereocenters. The second kappa shape index (κ2) is 7.40. The molecule has 0 aliphatic carbocycles. The summed E-state index contributed by atoms with van der Waals surface area (Å²) in [4.78, 5) is 0. The molecule has 2 aromatic rings. The Morgan fingerprint density at radius 1 is 1.19 bits per heavy atom. The Bertz CT molecular complexity index is 655. The molecule has 0 saturated carbocycles. The summed E-state index contributed by atoms with van der Waals surface area (Å²) in [6, 6.07) is 15.6. The van der Waals surface area contributed by atoms with Crippen molar-refractivity contribution in [3.8, 4) is 5.75 Å². The number of hydrogen-bond donors (Lipinski definition) is 2. The van der Waals surface area contributed by atoms with Crippen molar-refractivity contribution in [2.45, 2.75) is 6.92 Å². The number of hydrazone groups is 1. The number of rotatable bonds is 4. The largest absolute Gasteiger partial charge is 0.496 e. The molecule has 0 bridgehead atoms. The maximum absolute atomic E-state index is 5.24. The van der Waals surface area contributed by atoms with Crippen molar-refractivity contribution in [3.05, 3.63) is 59.7 Å². The van der Waals surface area contributed by atoms with Crippen molar-refractivity contribution in [1.82, 2.24) is 5.43 Å². The fourth-order valence-corrected chi connectivity index (χ4v) is 1.99. The molecule has 2 rings (SSSR count). The van der Waals surface area contributed by atoms with Crippen LogP contribution < -0.4 is 15.5 Å². The average molecular weight is 299 g/mol. The van der Waals surface area contributed by atoms with E-state index in [1.54, 1.807) is 13.3 Å². The molecule has 0 radical (unpaired) electrons. The predicted octanol–water partition coefficient (Wildman–Crippen LogP) is 3.32. The fraction of sp³-hybridized carbons (Fsp3) is 0.125. The zero-order valence-electron chi connectivity index (χ0n) is 12.0. The Balaban J connectivity index is 1.93. The van der Waals surface area contributed by atoms with Crippen LogP contribution in [0, 0.1) is 6.92 Å². The van der Waals surface area contributed by atoms with Crippen molar-refractivity contribution in [1.29, 1.82) is 0 Å². The highest BCUT2D eigenvalue weighted by atomic mass is 32.1. The van der Waals surface area contributed by atoms with E-state index in [4.69, 9.17) is 17.0 Å². The van der Waals surface area contributed by atoms with Crippen molar-refractivity contribution in [2.75, 3.05) is 12.4 Å². The number of methoxy groups -OCH3 is 1. The highest BCUT2D eigenvalue weighted by molar-refractivity contribution is 7.80. The predicted molar refractivity (Wildman–Crippen MR) is 91.1 cm³/mol. The van der Waals surface area contributed by atoms with Gasteiger partial charge >= 0.3 is 0 Å². The van der Waals surface area contributed by atoms with Crippen LogP contribution in [0.1, 0.15) is 11.1 Å². The fourth-order valence-electron chi connectivity index (χ4n) is 1.82. The number of anilines is 1. The molecule has 5 heteroatoms. The molecule has 0 aliphatic rings. The van der Waals surface area contributed by atoms with E-state index in [9.17, 15) is 0 Å². The van der Waals surface area contributed by atoms with Crippen LogP contribution in [0.25, 0.3) is 0 Å². The third-order valence-corrected chi connectivity index (χ3v) is 2.98. The smallest absolute Gasteiger partial charge is 0.191 e. The lowest BCUT2D eigenvalue weighted by Gasteiger charge is -2.07. The molecule has 21 heavy (non-hydrogen) atoms. The monoisotopic (exact) mass is 299 g/mol. The molecular formula is C16H17N3OS. The van der Waals surface area contributed by atoms with Gasteiger partial charge in [0, 0.05) is 11.3 Å². The number of benzene rings is 2. The number of hydrogen-bond acceptors (Lipinski definition) is 3. The second-order valence-corrected chi connectivity index (χ2v) is 4.84. The second-order valence-electron chi connectivity index (χ2n) is 4.44. The maximum Gasteiger partial charge on any atom is 0.191 e. The quantitative estimate of drug-likeness (QED) is 0.516. The van der Waals surface area contributed by atoms with Crippen molar-refractivity contribution < 1.29 is 4.74 Å². The number of aryl methyl sites for hydroxylation is 1. The summed E-state index contributed by atoms with van der Waals surface area (Å²) in [7, 11) is 1.63. The van der Waals surface area contributed by atoms with Crippen molar-refractivity contribution in [2.24, 2.45) is 5.10 Å². The van der Waals surface area contributed by atoms with Gasteiger partial charge in [-0.25, -0.2) is 0 Å². The molecule has 0 aliphatic heterocycles. The summed E-state index contributed by atoms with van der Waals surface area (Å²) in [5.41, 5.74) is 5.76. The normalized spacial score (nSPS) is 10.4. The lowest BCUT2D eigenvalue weighted by Crippen LogP contribution is -2.23. The third-order valence-electron chi connectivity index (χ3n) is 2.78. The zero-order valence-corrected chi connectivity index (χ0v) is 12.8. The van der Waals surface area contributed by atoms with Gasteiger partial charge in [-0.15, -0.1) is 0 Å². The molecule has 0 fully saturated rings. The zero-order chi connectivity index (χ0) is 15.1. The van der Waals surface area contributed by atoms with Crippen LogP contribution in [0.5, 0.6) is 5.75 Å². The average Bonchev–Trinajstić information content (AvgIpc) is 2.47. The molecule has 0 amide bonds. The summed E-state index contributed by atoms with van der Waals surface area (Å²) >= 11 is 5.19. The van der Waals surface area contributed by atoms with Crippen LogP contribution in [0.3, 0.4) is 0 Å². The molecule has 2 N–H and O–H groups in total. The van der Waals surface area contributed by atoms with Gasteiger partial charge in [0.1, 0.15) is 5.75 Å². The van der Waals surface area contributed by atoms with Crippen LogP contribution in [0.15, 0.2) is 53.6 Å². The van der Waals surface area contributed by atoms with Crippen LogP contribution in [0.4, 0.5) is 5.69 Å². The van der Waals surface area contributed by atoms with Gasteiger partial charge in [-0.2, -0.15) is 5.10 Å². The summed E-state index contributed by atoms with van der Waals surface area (Å²) in [5.74, 6) is 0.764. The van der Waals surface area contributed by atoms with E-state index in [0.717, 1.165) is 17.0 Å². The Hall–Kier alpha value is -2.40. The van der Waals surface area contributed by atoms with E-state index < -0.39 is 0 Å². The minimum absolute atomic E-state index is 0.437. The number of para-hydroxylation sites is 1. The first-order valence-corrected chi connectivity index (χ1v) is 6.89. The summed E-state index contributed by atoms with van der Waals surface area (Å²) in [5, 5.41) is 7.62. The minimum atomic E-state index is 0.437. The summed E-state index contributed by atoms with van der Waals surface area (Å²) in [6.45, 7) is 2.03. The van der Waals surface area contributed by atoms with Gasteiger partial charge in [0.15, 0.2) is 5.11 Å². The van der Waals surface area contributed by atoms with Crippen molar-refractivity contribution >= 4 is 29.2 Å². The van der Waals surface area contributed by atoms with E-state index in [1.165, 1.54) is 5.56 Å². The van der Waals surface area contributed by atoms with Crippen LogP contribution in [0.2, 0.25) is 0 Å². The minimum Gasteiger partial charge on any atom is -0.496 e. The number of ether oxygens (including phenoxy) is 1. The van der Waals surface area contributed by atoms with Gasteiger partial charge in [-0.05, 0) is 49.0 Å². The number of thiocarbonyl (C=S) groups is 1. The van der Waals surface area contributed by atoms with Gasteiger partial charge in [0.25, 0.3) is 0 Å². The lowest BCUT2D eigenvalue weighted by molar-refractivity contribution is 0.414. The van der Waals surface area contributed by atoms with E-state index in [1.807, 2.05) is 55.5 Å². The number of nitrogens with zero attached hydrogens (tertiary/aromatic N) is 1. The van der Waals surface area contributed by atoms with E-state index in [-0.39, 0.29) is 0 Å². The van der Waals surface area contributed by atoms with Gasteiger partial charge < -0.3 is 10.1 Å². The first kappa shape index (κ1) is 15.0. The molecule has 0 spiro atoms. The third kappa shape index (κ3) is 4.57. The van der Waals surface area contributed by atoms with Crippen LogP contribution in [-0.2, 0) is 0 Å². The first-order chi connectivity index (χ1) is 10.2. The molecular weight excluding hydrogens is 282 g/mol. The van der Waals surface area contributed by atoms with Gasteiger partial charge in [0.2, 0.25) is 0 Å². The standard InChI is InChI=1S/C16H17N3OS/c1-12-6-5-8-14(10-12)18-16(21)19-17-11-13-7-3-4-9-15(13)20-2/h3-11H,1-2H3,(H2,18,19,21). The molecule has 108 valence electrons. The Kier molecular flexibility index (Phi) is 5.29. The van der Waals surface area contributed by atoms with E-state index >= 15 is 0 Å². The lowest BCUT2D eigenvalue weighted by atomic mass is 10.2. The summed E-state index contributed by atoms with van der Waals surface area (Å²) < 4.78 is 5.24. The Morgan fingerprint density at radius 2 is 2.00 bits per heavy atom. The van der Waals surface area contributed by atoms with Gasteiger partial charge in [-0.3, -0.25) is 5.43 Å². The SMILES string of the molecule is COc1ccccc1C=NNC(=S)Nc1cccc(C)c1. The van der Waals surface area contributed by atoms with Gasteiger partial charge in [0.05, 0.1) is 13.3 Å². The molecule has 0 unspecified atom stereocenters. The van der Waals surface area contributed by atoms with Crippen molar-refractivity contribution in [3.63, 3.8) is 0 Å². The van der Waals surface area contributed by atoms with E-state index in [2.05, 4.69) is 15.8 Å². The van der Waals surface area contributed by atoms with E-state index in [0.29, 0.717) is 5.11 Å². The Labute approximate surface area is 129 Å². The first-order valence-electron chi connectivity index (χ1n) is 6.49. The van der Waals surface area contributed by atoms with Gasteiger partial charge in [-0.1, -0.05) is 24.3 Å². The highest BCUT2D eigenvalue weighted by Crippen LogP contribution is 2.14. The van der Waals surface area contributed by atoms with Crippen LogP contribution in [-0.4, -0.2) is 18.4 Å². The molecule has 0 aromatic heterocycles. The maximum atomic E-state index is 5.24. The summed E-state index contributed by atoms with van der Waals surface area (Å²) in [6.07, 6.45) is 1.67. The topological polar surface area (TPSA) is 45.6 Å².